The average molecular weight is 261 g/mol. The summed E-state index contributed by atoms with van der Waals surface area (Å²) in [6.07, 6.45) is -5.40. The number of nitrogens with one attached hydrogen (secondary N) is 1. The van der Waals surface area contributed by atoms with Crippen molar-refractivity contribution in [3.8, 4) is 0 Å². The third-order valence-electron chi connectivity index (χ3n) is 1.97. The summed E-state index contributed by atoms with van der Waals surface area (Å²) in [5.41, 5.74) is -0.925. The van der Waals surface area contributed by atoms with Crippen molar-refractivity contribution in [2.45, 2.75) is 13.1 Å². The highest BCUT2D eigenvalue weighted by atomic mass is 19.4. The second-order valence-corrected chi connectivity index (χ2v) is 3.25. The van der Waals surface area contributed by atoms with E-state index >= 15 is 0 Å². The van der Waals surface area contributed by atoms with Gasteiger partial charge in [-0.3, -0.25) is 10.1 Å². The van der Waals surface area contributed by atoms with E-state index in [4.69, 9.17) is 0 Å². The maximum Gasteiger partial charge on any atom is 0.416 e. The van der Waals surface area contributed by atoms with E-state index in [1.807, 2.05) is 5.32 Å². The molecule has 0 saturated carbocycles. The predicted molar refractivity (Wildman–Crippen MR) is 55.9 cm³/mol. The topological polar surface area (TPSA) is 55.4 Å². The first-order valence-electron chi connectivity index (χ1n) is 5.00. The maximum absolute atomic E-state index is 12.3. The van der Waals surface area contributed by atoms with Gasteiger partial charge in [0.25, 0.3) is 5.91 Å². The van der Waals surface area contributed by atoms with E-state index in [0.717, 1.165) is 24.3 Å². The number of alkyl carbamates (subject to hydrolysis) is 1. The monoisotopic (exact) mass is 261 g/mol. The lowest BCUT2D eigenvalue weighted by molar-refractivity contribution is -0.137. The van der Waals surface area contributed by atoms with Gasteiger partial charge in [0, 0.05) is 5.56 Å². The largest absolute Gasteiger partial charge is 0.450 e. The molecule has 0 spiro atoms. The number of alkyl halides is 3. The highest BCUT2D eigenvalue weighted by Crippen LogP contribution is 2.28. The lowest BCUT2D eigenvalue weighted by atomic mass is 10.1. The molecule has 0 aromatic heterocycles. The van der Waals surface area contributed by atoms with E-state index in [-0.39, 0.29) is 12.2 Å². The lowest BCUT2D eigenvalue weighted by Gasteiger charge is -2.07. The molecule has 0 aliphatic heterocycles. The van der Waals surface area contributed by atoms with Gasteiger partial charge in [-0.05, 0) is 31.2 Å². The molecule has 0 aliphatic rings. The van der Waals surface area contributed by atoms with Crippen molar-refractivity contribution in [2.75, 3.05) is 6.61 Å². The summed E-state index contributed by atoms with van der Waals surface area (Å²) in [4.78, 5) is 22.3. The first-order chi connectivity index (χ1) is 8.34. The van der Waals surface area contributed by atoms with Crippen molar-refractivity contribution >= 4 is 12.0 Å². The van der Waals surface area contributed by atoms with Crippen LogP contribution in [0.1, 0.15) is 22.8 Å². The summed E-state index contributed by atoms with van der Waals surface area (Å²) in [6, 6.07) is 3.49. The van der Waals surface area contributed by atoms with Gasteiger partial charge in [0.15, 0.2) is 0 Å². The molecule has 0 fully saturated rings. The highest BCUT2D eigenvalue weighted by molar-refractivity contribution is 6.02. The number of carbonyl (C=O) groups excluding carboxylic acids is 2. The van der Waals surface area contributed by atoms with Gasteiger partial charge in [-0.1, -0.05) is 0 Å². The van der Waals surface area contributed by atoms with Gasteiger partial charge in [-0.2, -0.15) is 13.2 Å². The van der Waals surface area contributed by atoms with Crippen LogP contribution in [0.3, 0.4) is 0 Å². The number of halogens is 3. The number of benzene rings is 1. The molecule has 1 rings (SSSR count). The Labute approximate surface area is 101 Å². The van der Waals surface area contributed by atoms with Crippen molar-refractivity contribution in [1.82, 2.24) is 5.32 Å². The third-order valence-corrected chi connectivity index (χ3v) is 1.97. The van der Waals surface area contributed by atoms with Crippen molar-refractivity contribution < 1.29 is 27.5 Å². The van der Waals surface area contributed by atoms with Crippen LogP contribution in [-0.2, 0) is 10.9 Å². The third kappa shape index (κ3) is 3.76. The van der Waals surface area contributed by atoms with Gasteiger partial charge in [0.2, 0.25) is 0 Å². The number of hydrogen-bond acceptors (Lipinski definition) is 3. The summed E-state index contributed by atoms with van der Waals surface area (Å²) in [5, 5.41) is 1.87. The molecule has 98 valence electrons. The van der Waals surface area contributed by atoms with Gasteiger partial charge in [-0.15, -0.1) is 0 Å². The Kier molecular flexibility index (Phi) is 4.30. The first-order valence-corrected chi connectivity index (χ1v) is 5.00. The molecule has 0 aliphatic carbocycles. The van der Waals surface area contributed by atoms with Gasteiger partial charge < -0.3 is 4.74 Å². The van der Waals surface area contributed by atoms with E-state index in [0.29, 0.717) is 0 Å². The zero-order valence-electron chi connectivity index (χ0n) is 9.38. The molecule has 1 aromatic carbocycles. The molecule has 0 bridgehead atoms. The van der Waals surface area contributed by atoms with E-state index in [1.165, 1.54) is 0 Å². The summed E-state index contributed by atoms with van der Waals surface area (Å²) < 4.78 is 41.2. The van der Waals surface area contributed by atoms with Crippen LogP contribution in [0.15, 0.2) is 24.3 Å². The molecule has 4 nitrogen and oxygen atoms in total. The van der Waals surface area contributed by atoms with Crippen LogP contribution in [0.2, 0.25) is 0 Å². The fourth-order valence-corrected chi connectivity index (χ4v) is 1.14. The van der Waals surface area contributed by atoms with Crippen LogP contribution in [0.5, 0.6) is 0 Å². The maximum atomic E-state index is 12.3. The molecule has 2 amide bonds. The number of amides is 2. The van der Waals surface area contributed by atoms with E-state index in [1.54, 1.807) is 6.92 Å². The fraction of sp³-hybridized carbons (Fsp3) is 0.273. The second-order valence-electron chi connectivity index (χ2n) is 3.25. The Hall–Kier alpha value is -2.05. The Balaban J connectivity index is 2.74. The zero-order chi connectivity index (χ0) is 13.8. The number of imide groups is 1. The molecule has 1 N–H and O–H groups in total. The summed E-state index contributed by atoms with van der Waals surface area (Å²) >= 11 is 0. The quantitative estimate of drug-likeness (QED) is 0.890. The van der Waals surface area contributed by atoms with E-state index in [2.05, 4.69) is 4.74 Å². The van der Waals surface area contributed by atoms with Crippen molar-refractivity contribution in [3.63, 3.8) is 0 Å². The number of ether oxygens (including phenoxy) is 1. The molecule has 0 saturated heterocycles. The van der Waals surface area contributed by atoms with Crippen molar-refractivity contribution in [3.05, 3.63) is 35.4 Å². The predicted octanol–water partition coefficient (Wildman–Crippen LogP) is 2.59. The smallest absolute Gasteiger partial charge is 0.416 e. The Morgan fingerprint density at radius 3 is 2.22 bits per heavy atom. The Bertz CT molecular complexity index is 440. The molecule has 0 radical (unpaired) electrons. The van der Waals surface area contributed by atoms with Gasteiger partial charge >= 0.3 is 12.3 Å². The fourth-order valence-electron chi connectivity index (χ4n) is 1.14. The van der Waals surface area contributed by atoms with Crippen molar-refractivity contribution in [2.24, 2.45) is 0 Å². The second kappa shape index (κ2) is 5.52. The highest BCUT2D eigenvalue weighted by Gasteiger charge is 2.30. The minimum absolute atomic E-state index is 0.0592. The Morgan fingerprint density at radius 2 is 1.78 bits per heavy atom. The normalized spacial score (nSPS) is 10.9. The van der Waals surface area contributed by atoms with Crippen LogP contribution in [-0.4, -0.2) is 18.6 Å². The van der Waals surface area contributed by atoms with Crippen LogP contribution in [0.4, 0.5) is 18.0 Å². The minimum Gasteiger partial charge on any atom is -0.450 e. The van der Waals surface area contributed by atoms with Crippen molar-refractivity contribution in [1.29, 1.82) is 0 Å². The molecule has 0 unspecified atom stereocenters. The minimum atomic E-state index is -4.46. The van der Waals surface area contributed by atoms with E-state index < -0.39 is 23.7 Å². The number of carbonyl (C=O) groups is 2. The molecule has 7 heteroatoms. The average Bonchev–Trinajstić information content (AvgIpc) is 2.28. The van der Waals surface area contributed by atoms with Gasteiger partial charge in [0.1, 0.15) is 0 Å². The van der Waals surface area contributed by atoms with Crippen LogP contribution < -0.4 is 5.32 Å². The standard InChI is InChI=1S/C11H10F3NO3/c1-2-18-10(17)15-9(16)7-3-5-8(6-4-7)11(12,13)14/h3-6H,2H2,1H3,(H,15,16,17). The number of rotatable bonds is 2. The SMILES string of the molecule is CCOC(=O)NC(=O)c1ccc(C(F)(F)F)cc1. The van der Waals surface area contributed by atoms with Crippen LogP contribution in [0.25, 0.3) is 0 Å². The van der Waals surface area contributed by atoms with E-state index in [9.17, 15) is 22.8 Å². The van der Waals surface area contributed by atoms with Gasteiger partial charge in [-0.25, -0.2) is 4.79 Å². The molecule has 0 heterocycles. The molecule has 18 heavy (non-hydrogen) atoms. The number of hydrogen-bond donors (Lipinski definition) is 1. The molecular formula is C11H10F3NO3. The molecular weight excluding hydrogens is 251 g/mol. The molecule has 1 aromatic rings. The summed E-state index contributed by atoms with van der Waals surface area (Å²) in [7, 11) is 0. The van der Waals surface area contributed by atoms with Crippen LogP contribution in [0, 0.1) is 0 Å². The Morgan fingerprint density at radius 1 is 1.22 bits per heavy atom. The lowest BCUT2D eigenvalue weighted by Crippen LogP contribution is -2.31. The van der Waals surface area contributed by atoms with Crippen LogP contribution >= 0.6 is 0 Å². The van der Waals surface area contributed by atoms with Gasteiger partial charge in [0.05, 0.1) is 12.2 Å². The first kappa shape index (κ1) is 14.0. The zero-order valence-corrected chi connectivity index (χ0v) is 9.38. The summed E-state index contributed by atoms with van der Waals surface area (Å²) in [5.74, 6) is -0.817. The summed E-state index contributed by atoms with van der Waals surface area (Å²) in [6.45, 7) is 1.65. The molecule has 0 atom stereocenters.